The number of para-hydroxylation sites is 1. The van der Waals surface area contributed by atoms with Gasteiger partial charge in [-0.15, -0.1) is 0 Å². The summed E-state index contributed by atoms with van der Waals surface area (Å²) in [7, 11) is 4.14. The van der Waals surface area contributed by atoms with Gasteiger partial charge in [0.1, 0.15) is 11.1 Å². The van der Waals surface area contributed by atoms with E-state index in [0.717, 1.165) is 47.5 Å². The van der Waals surface area contributed by atoms with Crippen LogP contribution < -0.4 is 5.49 Å². The molecule has 0 atom stereocenters. The van der Waals surface area contributed by atoms with Crippen molar-refractivity contribution in [2.45, 2.75) is 26.8 Å². The number of nitrogens with zero attached hydrogens (tertiary/aromatic N) is 4. The van der Waals surface area contributed by atoms with Crippen LogP contribution in [0.15, 0.2) is 36.7 Å². The van der Waals surface area contributed by atoms with Crippen molar-refractivity contribution in [3.8, 4) is 5.69 Å². The lowest BCUT2D eigenvalue weighted by Crippen LogP contribution is -2.23. The van der Waals surface area contributed by atoms with E-state index in [1.165, 1.54) is 0 Å². The van der Waals surface area contributed by atoms with Crippen molar-refractivity contribution in [1.82, 2.24) is 19.0 Å². The summed E-state index contributed by atoms with van der Waals surface area (Å²) in [4.78, 5) is 6.85. The molecule has 2 aromatic heterocycles. The molecule has 0 aliphatic carbocycles. The summed E-state index contributed by atoms with van der Waals surface area (Å²) in [6.07, 6.45) is 2.81. The molecular weight excluding hydrogens is 298 g/mol. The molecule has 0 aliphatic heterocycles. The van der Waals surface area contributed by atoms with Crippen LogP contribution in [0.1, 0.15) is 17.7 Å². The molecule has 0 radical (unpaired) electrons. The Labute approximate surface area is 142 Å². The van der Waals surface area contributed by atoms with Gasteiger partial charge in [0, 0.05) is 17.9 Å². The average Bonchev–Trinajstić information content (AvgIpc) is 2.82. The molecule has 0 spiro atoms. The van der Waals surface area contributed by atoms with Gasteiger partial charge in [-0.25, -0.2) is 4.98 Å². The van der Waals surface area contributed by atoms with Gasteiger partial charge in [-0.2, -0.15) is 0 Å². The zero-order valence-electron chi connectivity index (χ0n) is 14.9. The lowest BCUT2D eigenvalue weighted by molar-refractivity contribution is 0.383. The standard InChI is InChI=1S/C19H25N5/c1-14-15(2)24(16-9-6-5-7-10-16)19-17(14)18(20)23(13-21-19)12-8-11-22(3)4/h5-7,9-10,13,20H,8,11-12H2,1-4H3. The van der Waals surface area contributed by atoms with Crippen molar-refractivity contribution in [1.29, 1.82) is 5.41 Å². The molecule has 0 bridgehead atoms. The van der Waals surface area contributed by atoms with Gasteiger partial charge in [0.2, 0.25) is 0 Å². The maximum absolute atomic E-state index is 8.63. The number of rotatable bonds is 5. The summed E-state index contributed by atoms with van der Waals surface area (Å²) in [5.74, 6) is 0. The van der Waals surface area contributed by atoms with E-state index in [1.54, 1.807) is 6.33 Å². The summed E-state index contributed by atoms with van der Waals surface area (Å²) in [5.41, 5.74) is 4.78. The Morgan fingerprint density at radius 1 is 1.12 bits per heavy atom. The summed E-state index contributed by atoms with van der Waals surface area (Å²) in [6.45, 7) is 6.00. The number of aromatic nitrogens is 3. The fourth-order valence-corrected chi connectivity index (χ4v) is 3.14. The highest BCUT2D eigenvalue weighted by atomic mass is 15.1. The van der Waals surface area contributed by atoms with Gasteiger partial charge in [-0.3, -0.25) is 9.98 Å². The van der Waals surface area contributed by atoms with Crippen LogP contribution in [0.4, 0.5) is 0 Å². The Hall–Kier alpha value is -2.40. The van der Waals surface area contributed by atoms with Crippen molar-refractivity contribution in [2.75, 3.05) is 20.6 Å². The summed E-state index contributed by atoms with van der Waals surface area (Å²) < 4.78 is 4.10. The van der Waals surface area contributed by atoms with E-state index >= 15 is 0 Å². The van der Waals surface area contributed by atoms with Crippen LogP contribution in [-0.4, -0.2) is 39.7 Å². The van der Waals surface area contributed by atoms with Gasteiger partial charge in [-0.1, -0.05) is 18.2 Å². The van der Waals surface area contributed by atoms with E-state index in [9.17, 15) is 0 Å². The molecule has 0 saturated carbocycles. The summed E-state index contributed by atoms with van der Waals surface area (Å²) in [5, 5.41) is 9.58. The molecule has 0 unspecified atom stereocenters. The third-order valence-corrected chi connectivity index (χ3v) is 4.55. The minimum absolute atomic E-state index is 0.550. The molecule has 1 N–H and O–H groups in total. The van der Waals surface area contributed by atoms with Gasteiger partial charge in [0.25, 0.3) is 0 Å². The second-order valence-corrected chi connectivity index (χ2v) is 6.52. The SMILES string of the molecule is Cc1c(C)n(-c2ccccc2)c2ncn(CCCN(C)C)c(=N)c12. The molecule has 0 aliphatic rings. The molecule has 0 amide bonds. The molecule has 24 heavy (non-hydrogen) atoms. The Balaban J connectivity index is 2.10. The Kier molecular flexibility index (Phi) is 4.53. The number of nitrogens with one attached hydrogen (secondary N) is 1. The zero-order valence-corrected chi connectivity index (χ0v) is 14.9. The van der Waals surface area contributed by atoms with Crippen molar-refractivity contribution < 1.29 is 0 Å². The largest absolute Gasteiger partial charge is 0.317 e. The van der Waals surface area contributed by atoms with Crippen LogP contribution in [0.3, 0.4) is 0 Å². The van der Waals surface area contributed by atoms with Crippen LogP contribution in [0.2, 0.25) is 0 Å². The van der Waals surface area contributed by atoms with Crippen molar-refractivity contribution in [3.63, 3.8) is 0 Å². The zero-order chi connectivity index (χ0) is 17.3. The monoisotopic (exact) mass is 323 g/mol. The molecule has 5 nitrogen and oxygen atoms in total. The van der Waals surface area contributed by atoms with Crippen molar-refractivity contribution in [2.24, 2.45) is 0 Å². The van der Waals surface area contributed by atoms with E-state index in [-0.39, 0.29) is 0 Å². The number of hydrogen-bond acceptors (Lipinski definition) is 3. The molecule has 2 heterocycles. The quantitative estimate of drug-likeness (QED) is 0.785. The number of benzene rings is 1. The highest BCUT2D eigenvalue weighted by molar-refractivity contribution is 5.82. The van der Waals surface area contributed by atoms with Crippen molar-refractivity contribution in [3.05, 3.63) is 53.4 Å². The Bertz CT molecular complexity index is 903. The Morgan fingerprint density at radius 3 is 2.50 bits per heavy atom. The third kappa shape index (κ3) is 2.87. The van der Waals surface area contributed by atoms with Gasteiger partial charge >= 0.3 is 0 Å². The molecule has 5 heteroatoms. The van der Waals surface area contributed by atoms with E-state index in [1.807, 2.05) is 22.8 Å². The predicted molar refractivity (Wildman–Crippen MR) is 97.6 cm³/mol. The maximum atomic E-state index is 8.63. The molecular formula is C19H25N5. The van der Waals surface area contributed by atoms with Gasteiger partial charge in [-0.05, 0) is 58.6 Å². The van der Waals surface area contributed by atoms with Crippen LogP contribution in [0.5, 0.6) is 0 Å². The molecule has 0 fully saturated rings. The minimum Gasteiger partial charge on any atom is -0.317 e. The highest BCUT2D eigenvalue weighted by Crippen LogP contribution is 2.24. The maximum Gasteiger partial charge on any atom is 0.150 e. The van der Waals surface area contributed by atoms with Gasteiger partial charge in [0.15, 0.2) is 0 Å². The number of hydrogen-bond donors (Lipinski definition) is 1. The molecule has 1 aromatic carbocycles. The van der Waals surface area contributed by atoms with Crippen LogP contribution in [0.25, 0.3) is 16.7 Å². The summed E-state index contributed by atoms with van der Waals surface area (Å²) >= 11 is 0. The average molecular weight is 323 g/mol. The molecule has 3 aromatic rings. The van der Waals surface area contributed by atoms with Crippen LogP contribution in [-0.2, 0) is 6.54 Å². The molecule has 126 valence electrons. The molecule has 3 rings (SSSR count). The first-order chi connectivity index (χ1) is 11.5. The first kappa shape index (κ1) is 16.5. The van der Waals surface area contributed by atoms with Crippen LogP contribution in [0, 0.1) is 19.3 Å². The summed E-state index contributed by atoms with van der Waals surface area (Å²) in [6, 6.07) is 10.2. The van der Waals surface area contributed by atoms with E-state index in [2.05, 4.69) is 49.5 Å². The van der Waals surface area contributed by atoms with Crippen LogP contribution >= 0.6 is 0 Å². The normalized spacial score (nSPS) is 11.5. The van der Waals surface area contributed by atoms with E-state index < -0.39 is 0 Å². The van der Waals surface area contributed by atoms with Gasteiger partial charge < -0.3 is 9.47 Å². The smallest absolute Gasteiger partial charge is 0.150 e. The second kappa shape index (κ2) is 6.61. The van der Waals surface area contributed by atoms with E-state index in [4.69, 9.17) is 10.4 Å². The fourth-order valence-electron chi connectivity index (χ4n) is 3.14. The van der Waals surface area contributed by atoms with Crippen molar-refractivity contribution >= 4 is 11.0 Å². The first-order valence-corrected chi connectivity index (χ1v) is 8.32. The first-order valence-electron chi connectivity index (χ1n) is 8.32. The lowest BCUT2D eigenvalue weighted by atomic mass is 10.2. The molecule has 0 saturated heterocycles. The topological polar surface area (TPSA) is 49.8 Å². The predicted octanol–water partition coefficient (Wildman–Crippen LogP) is 2.88. The lowest BCUT2D eigenvalue weighted by Gasteiger charge is -2.12. The highest BCUT2D eigenvalue weighted by Gasteiger charge is 2.16. The van der Waals surface area contributed by atoms with E-state index in [0.29, 0.717) is 5.49 Å². The minimum atomic E-state index is 0.550. The third-order valence-electron chi connectivity index (χ3n) is 4.55. The Morgan fingerprint density at radius 2 is 1.83 bits per heavy atom. The second-order valence-electron chi connectivity index (χ2n) is 6.52. The van der Waals surface area contributed by atoms with Gasteiger partial charge in [0.05, 0.1) is 11.7 Å². The fraction of sp³-hybridized carbons (Fsp3) is 0.368. The number of fused-ring (bicyclic) bond motifs is 1. The number of aryl methyl sites for hydroxylation is 2.